The summed E-state index contributed by atoms with van der Waals surface area (Å²) in [5, 5.41) is 8.59. The number of amides is 4. The molecule has 2 fully saturated rings. The third-order valence-electron chi connectivity index (χ3n) is 5.40. The molecule has 0 spiro atoms. The zero-order valence-electron chi connectivity index (χ0n) is 15.9. The van der Waals surface area contributed by atoms with Crippen LogP contribution in [0.3, 0.4) is 0 Å². The molecule has 1 atom stereocenters. The number of rotatable bonds is 8. The molecule has 2 saturated carbocycles. The van der Waals surface area contributed by atoms with Gasteiger partial charge in [-0.05, 0) is 31.6 Å². The fourth-order valence-electron chi connectivity index (χ4n) is 3.74. The summed E-state index contributed by atoms with van der Waals surface area (Å²) in [7, 11) is 0. The molecule has 0 radical (unpaired) electrons. The highest BCUT2D eigenvalue weighted by atomic mass is 16.3. The first-order chi connectivity index (χ1) is 13.3. The summed E-state index contributed by atoms with van der Waals surface area (Å²) in [5.74, 6) is -1.30. The Hall–Kier alpha value is -2.84. The van der Waals surface area contributed by atoms with E-state index < -0.39 is 17.4 Å². The molecule has 1 aromatic heterocycles. The van der Waals surface area contributed by atoms with Gasteiger partial charge in [0.2, 0.25) is 11.8 Å². The number of carbonyl (C=O) groups is 4. The van der Waals surface area contributed by atoms with Crippen LogP contribution in [0.5, 0.6) is 0 Å². The van der Waals surface area contributed by atoms with Crippen LogP contribution in [0.2, 0.25) is 0 Å². The number of furan rings is 1. The van der Waals surface area contributed by atoms with Gasteiger partial charge in [0, 0.05) is 25.6 Å². The maximum Gasteiger partial charge on any atom is 0.287 e. The van der Waals surface area contributed by atoms with Crippen molar-refractivity contribution in [2.75, 3.05) is 6.54 Å². The molecule has 5 N–H and O–H groups in total. The van der Waals surface area contributed by atoms with Gasteiger partial charge in [-0.2, -0.15) is 0 Å². The minimum atomic E-state index is -0.861. The normalized spacial score (nSPS) is 18.9. The topological polar surface area (TPSA) is 144 Å². The van der Waals surface area contributed by atoms with Gasteiger partial charge in [0.25, 0.3) is 11.8 Å². The molecule has 4 amide bonds. The summed E-state index contributed by atoms with van der Waals surface area (Å²) in [6, 6.07) is 1.06. The van der Waals surface area contributed by atoms with E-state index >= 15 is 0 Å². The van der Waals surface area contributed by atoms with E-state index in [4.69, 9.17) is 10.2 Å². The molecule has 3 rings (SSSR count). The minimum absolute atomic E-state index is 0.0137. The Morgan fingerprint density at radius 3 is 2.46 bits per heavy atom. The number of hydrogen-bond donors (Lipinski definition) is 4. The largest absolute Gasteiger partial charge is 0.458 e. The van der Waals surface area contributed by atoms with Crippen molar-refractivity contribution in [2.45, 2.75) is 57.0 Å². The van der Waals surface area contributed by atoms with E-state index in [-0.39, 0.29) is 41.6 Å². The lowest BCUT2D eigenvalue weighted by Crippen LogP contribution is -2.60. The monoisotopic (exact) mass is 390 g/mol. The van der Waals surface area contributed by atoms with Crippen molar-refractivity contribution in [1.29, 1.82) is 0 Å². The number of primary amides is 1. The van der Waals surface area contributed by atoms with Gasteiger partial charge < -0.3 is 26.1 Å². The summed E-state index contributed by atoms with van der Waals surface area (Å²) in [6.07, 6.45) is 6.09. The lowest BCUT2D eigenvalue weighted by Gasteiger charge is -2.31. The standard InChI is InChI=1S/C19H26N4O5/c1-11(24)23-19(6-2-3-7-19)18(27)22-14(12-4-5-12)9-21-17(26)15-8-13(10-28-15)16(20)25/h8,10,12,14H,2-7,9H2,1H3,(H2,20,25)(H,21,26)(H,22,27)(H,23,24). The van der Waals surface area contributed by atoms with Crippen molar-refractivity contribution in [3.05, 3.63) is 23.7 Å². The number of carbonyl (C=O) groups excluding carboxylic acids is 4. The predicted molar refractivity (Wildman–Crippen MR) is 99.2 cm³/mol. The molecule has 0 bridgehead atoms. The van der Waals surface area contributed by atoms with Crippen LogP contribution in [0.1, 0.15) is 66.4 Å². The van der Waals surface area contributed by atoms with Gasteiger partial charge in [0.1, 0.15) is 11.8 Å². The maximum absolute atomic E-state index is 12.9. The Labute approximate surface area is 162 Å². The van der Waals surface area contributed by atoms with Crippen molar-refractivity contribution < 1.29 is 23.6 Å². The molecule has 0 aromatic carbocycles. The number of hydrogen-bond acceptors (Lipinski definition) is 5. The van der Waals surface area contributed by atoms with E-state index in [0.29, 0.717) is 12.8 Å². The molecule has 2 aliphatic rings. The molecule has 152 valence electrons. The minimum Gasteiger partial charge on any atom is -0.458 e. The Morgan fingerprint density at radius 2 is 1.93 bits per heavy atom. The summed E-state index contributed by atoms with van der Waals surface area (Å²) in [5.41, 5.74) is 4.41. The highest BCUT2D eigenvalue weighted by Gasteiger charge is 2.44. The van der Waals surface area contributed by atoms with E-state index in [0.717, 1.165) is 31.9 Å². The second-order valence-electron chi connectivity index (χ2n) is 7.66. The molecule has 0 aliphatic heterocycles. The van der Waals surface area contributed by atoms with Crippen molar-refractivity contribution >= 4 is 23.6 Å². The van der Waals surface area contributed by atoms with Crippen LogP contribution >= 0.6 is 0 Å². The van der Waals surface area contributed by atoms with Gasteiger partial charge in [-0.1, -0.05) is 12.8 Å². The molecule has 28 heavy (non-hydrogen) atoms. The van der Waals surface area contributed by atoms with Crippen molar-refractivity contribution in [3.8, 4) is 0 Å². The number of nitrogens with two attached hydrogens (primary N) is 1. The fourth-order valence-corrected chi connectivity index (χ4v) is 3.74. The van der Waals surface area contributed by atoms with Crippen LogP contribution in [0.25, 0.3) is 0 Å². The Morgan fingerprint density at radius 1 is 1.25 bits per heavy atom. The zero-order valence-corrected chi connectivity index (χ0v) is 15.9. The first-order valence-corrected chi connectivity index (χ1v) is 9.57. The SMILES string of the molecule is CC(=O)NC1(C(=O)NC(CNC(=O)c2cc(C(N)=O)co2)C2CC2)CCCC1. The molecule has 9 nitrogen and oxygen atoms in total. The van der Waals surface area contributed by atoms with Gasteiger partial charge >= 0.3 is 0 Å². The molecule has 1 heterocycles. The fraction of sp³-hybridized carbons (Fsp3) is 0.579. The maximum atomic E-state index is 12.9. The lowest BCUT2D eigenvalue weighted by atomic mass is 9.95. The first-order valence-electron chi connectivity index (χ1n) is 9.57. The molecule has 1 unspecified atom stereocenters. The van der Waals surface area contributed by atoms with Crippen LogP contribution in [-0.4, -0.2) is 41.8 Å². The van der Waals surface area contributed by atoms with E-state index in [9.17, 15) is 19.2 Å². The van der Waals surface area contributed by atoms with E-state index in [2.05, 4.69) is 16.0 Å². The Kier molecular flexibility index (Phi) is 5.71. The second-order valence-corrected chi connectivity index (χ2v) is 7.66. The van der Waals surface area contributed by atoms with Crippen molar-refractivity contribution in [2.24, 2.45) is 11.7 Å². The summed E-state index contributed by atoms with van der Waals surface area (Å²) >= 11 is 0. The van der Waals surface area contributed by atoms with E-state index in [1.165, 1.54) is 13.0 Å². The van der Waals surface area contributed by atoms with Crippen LogP contribution < -0.4 is 21.7 Å². The summed E-state index contributed by atoms with van der Waals surface area (Å²) in [4.78, 5) is 47.9. The number of nitrogens with one attached hydrogen (secondary N) is 3. The average Bonchev–Trinajstić information content (AvgIpc) is 3.16. The molecule has 9 heteroatoms. The molecule has 1 aromatic rings. The van der Waals surface area contributed by atoms with Gasteiger partial charge in [-0.3, -0.25) is 19.2 Å². The summed E-state index contributed by atoms with van der Waals surface area (Å²) in [6.45, 7) is 1.65. The third kappa shape index (κ3) is 4.52. The highest BCUT2D eigenvalue weighted by molar-refractivity contribution is 5.97. The van der Waals surface area contributed by atoms with Crippen LogP contribution in [0, 0.1) is 5.92 Å². The molecule has 0 saturated heterocycles. The van der Waals surface area contributed by atoms with Crippen LogP contribution in [0.4, 0.5) is 0 Å². The molecular formula is C19H26N4O5. The van der Waals surface area contributed by atoms with E-state index in [1.54, 1.807) is 0 Å². The van der Waals surface area contributed by atoms with Crippen LogP contribution in [0.15, 0.2) is 16.7 Å². The lowest BCUT2D eigenvalue weighted by molar-refractivity contribution is -0.133. The quantitative estimate of drug-likeness (QED) is 0.509. The van der Waals surface area contributed by atoms with E-state index in [1.807, 2.05) is 0 Å². The second kappa shape index (κ2) is 8.04. The van der Waals surface area contributed by atoms with Crippen molar-refractivity contribution in [3.63, 3.8) is 0 Å². The highest BCUT2D eigenvalue weighted by Crippen LogP contribution is 2.34. The Balaban J connectivity index is 1.60. The van der Waals surface area contributed by atoms with Crippen LogP contribution in [-0.2, 0) is 9.59 Å². The van der Waals surface area contributed by atoms with Gasteiger partial charge in [0.05, 0.1) is 5.56 Å². The molecule has 2 aliphatic carbocycles. The zero-order chi connectivity index (χ0) is 20.3. The summed E-state index contributed by atoms with van der Waals surface area (Å²) < 4.78 is 5.07. The Bertz CT molecular complexity index is 777. The third-order valence-corrected chi connectivity index (χ3v) is 5.40. The smallest absolute Gasteiger partial charge is 0.287 e. The predicted octanol–water partition coefficient (Wildman–Crippen LogP) is 0.452. The van der Waals surface area contributed by atoms with Gasteiger partial charge in [-0.25, -0.2) is 0 Å². The van der Waals surface area contributed by atoms with Gasteiger partial charge in [-0.15, -0.1) is 0 Å². The molecular weight excluding hydrogens is 364 g/mol. The first kappa shape index (κ1) is 19.9. The average molecular weight is 390 g/mol. The van der Waals surface area contributed by atoms with Gasteiger partial charge in [0.15, 0.2) is 5.76 Å². The van der Waals surface area contributed by atoms with Crippen molar-refractivity contribution in [1.82, 2.24) is 16.0 Å².